The van der Waals surface area contributed by atoms with E-state index in [-0.39, 0.29) is 12.3 Å². The Morgan fingerprint density at radius 1 is 1.05 bits per heavy atom. The molecule has 1 aliphatic rings. The van der Waals surface area contributed by atoms with Gasteiger partial charge in [0.1, 0.15) is 18.0 Å². The van der Waals surface area contributed by atoms with E-state index < -0.39 is 23.1 Å². The van der Waals surface area contributed by atoms with Crippen molar-refractivity contribution in [2.45, 2.75) is 64.7 Å². The molecular formula is C32H41N5O6. The predicted molar refractivity (Wildman–Crippen MR) is 162 cm³/mol. The first-order valence-corrected chi connectivity index (χ1v) is 14.5. The predicted octanol–water partition coefficient (Wildman–Crippen LogP) is 4.11. The standard InChI is InChI=1S/C32H41N5O6/c1-22-19-24(26-7-5-6-8-27(26)34-22)21-42-25-11-9-23(10-12-25)29(39)35-32(20-28(38)36-41)13-16-37(17-14-32)18-15-33-30(40)43-31(2,3)4/h5-12,19,41H,13-18,20-21H2,1-4H3,(H,33,40)(H,35,39)(H,36,38). The number of fused-ring (bicyclic) bond motifs is 1. The van der Waals surface area contributed by atoms with Crippen LogP contribution in [0.2, 0.25) is 0 Å². The van der Waals surface area contributed by atoms with E-state index in [2.05, 4.69) is 20.5 Å². The third-order valence-electron chi connectivity index (χ3n) is 7.35. The fourth-order valence-corrected chi connectivity index (χ4v) is 5.22. The van der Waals surface area contributed by atoms with Crippen molar-refractivity contribution < 1.29 is 29.1 Å². The van der Waals surface area contributed by atoms with Crippen molar-refractivity contribution in [1.29, 1.82) is 0 Å². The van der Waals surface area contributed by atoms with E-state index in [4.69, 9.17) is 9.47 Å². The largest absolute Gasteiger partial charge is 0.489 e. The lowest BCUT2D eigenvalue weighted by Crippen LogP contribution is -2.57. The lowest BCUT2D eigenvalue weighted by atomic mass is 9.83. The van der Waals surface area contributed by atoms with Gasteiger partial charge in [0.2, 0.25) is 5.91 Å². The van der Waals surface area contributed by atoms with Gasteiger partial charge in [0.25, 0.3) is 5.91 Å². The second kappa shape index (κ2) is 13.8. The zero-order valence-electron chi connectivity index (χ0n) is 25.2. The minimum atomic E-state index is -0.825. The van der Waals surface area contributed by atoms with Gasteiger partial charge in [-0.2, -0.15) is 0 Å². The molecule has 4 rings (SSSR count). The van der Waals surface area contributed by atoms with Crippen molar-refractivity contribution in [1.82, 2.24) is 26.0 Å². The lowest BCUT2D eigenvalue weighted by Gasteiger charge is -2.42. The number of aromatic nitrogens is 1. The number of benzene rings is 2. The summed E-state index contributed by atoms with van der Waals surface area (Å²) in [4.78, 5) is 44.1. The number of amides is 3. The third-order valence-corrected chi connectivity index (χ3v) is 7.35. The Balaban J connectivity index is 1.33. The van der Waals surface area contributed by atoms with E-state index in [1.165, 1.54) is 0 Å². The summed E-state index contributed by atoms with van der Waals surface area (Å²) in [6, 6.07) is 16.8. The van der Waals surface area contributed by atoms with Gasteiger partial charge in [-0.1, -0.05) is 18.2 Å². The first kappa shape index (κ1) is 31.7. The number of hydrogen-bond acceptors (Lipinski definition) is 8. The molecule has 0 bridgehead atoms. The molecule has 1 aliphatic heterocycles. The van der Waals surface area contributed by atoms with Crippen LogP contribution < -0.4 is 20.9 Å². The summed E-state index contributed by atoms with van der Waals surface area (Å²) in [6.45, 7) is 9.96. The minimum Gasteiger partial charge on any atom is -0.489 e. The Hall–Kier alpha value is -4.22. The number of aryl methyl sites for hydroxylation is 1. The minimum absolute atomic E-state index is 0.0558. The fourth-order valence-electron chi connectivity index (χ4n) is 5.22. The van der Waals surface area contributed by atoms with Crippen molar-refractivity contribution in [3.05, 3.63) is 71.4 Å². The Morgan fingerprint density at radius 2 is 1.74 bits per heavy atom. The van der Waals surface area contributed by atoms with Crippen LogP contribution in [0.15, 0.2) is 54.6 Å². The zero-order valence-corrected chi connectivity index (χ0v) is 25.2. The molecule has 2 aromatic carbocycles. The van der Waals surface area contributed by atoms with Crippen LogP contribution in [0.5, 0.6) is 5.75 Å². The van der Waals surface area contributed by atoms with E-state index in [0.717, 1.165) is 22.2 Å². The van der Waals surface area contributed by atoms with Gasteiger partial charge < -0.3 is 25.0 Å². The molecule has 230 valence electrons. The van der Waals surface area contributed by atoms with Crippen molar-refractivity contribution in [3.63, 3.8) is 0 Å². The number of para-hydroxylation sites is 1. The van der Waals surface area contributed by atoms with Crippen LogP contribution in [-0.2, 0) is 16.1 Å². The number of pyridine rings is 1. The number of nitrogens with one attached hydrogen (secondary N) is 3. The molecule has 11 heteroatoms. The topological polar surface area (TPSA) is 142 Å². The van der Waals surface area contributed by atoms with E-state index in [1.807, 2.05) is 58.0 Å². The van der Waals surface area contributed by atoms with Gasteiger partial charge in [-0.15, -0.1) is 0 Å². The second-order valence-corrected chi connectivity index (χ2v) is 12.0. The molecule has 0 saturated carbocycles. The van der Waals surface area contributed by atoms with Gasteiger partial charge in [0.15, 0.2) is 0 Å². The third kappa shape index (κ3) is 9.13. The van der Waals surface area contributed by atoms with Gasteiger partial charge >= 0.3 is 6.09 Å². The molecule has 3 aromatic rings. The Bertz CT molecular complexity index is 1430. The number of alkyl carbamates (subject to hydrolysis) is 1. The van der Waals surface area contributed by atoms with Crippen LogP contribution in [-0.4, -0.2) is 70.3 Å². The van der Waals surface area contributed by atoms with Gasteiger partial charge in [-0.25, -0.2) is 10.3 Å². The van der Waals surface area contributed by atoms with Gasteiger partial charge in [-0.3, -0.25) is 19.8 Å². The zero-order chi connectivity index (χ0) is 31.0. The Kier molecular flexibility index (Phi) is 10.2. The maximum atomic E-state index is 13.3. The molecule has 11 nitrogen and oxygen atoms in total. The molecule has 1 saturated heterocycles. The van der Waals surface area contributed by atoms with Gasteiger partial charge in [0.05, 0.1) is 17.5 Å². The normalized spacial score (nSPS) is 15.0. The van der Waals surface area contributed by atoms with Crippen LogP contribution in [0.3, 0.4) is 0 Å². The molecule has 0 unspecified atom stereocenters. The van der Waals surface area contributed by atoms with Gasteiger partial charge in [-0.05, 0) is 76.9 Å². The quantitative estimate of drug-likeness (QED) is 0.204. The molecule has 2 heterocycles. The van der Waals surface area contributed by atoms with E-state index in [1.54, 1.807) is 29.7 Å². The highest BCUT2D eigenvalue weighted by Gasteiger charge is 2.38. The number of ether oxygens (including phenoxy) is 2. The SMILES string of the molecule is Cc1cc(COc2ccc(C(=O)NC3(CC(=O)NO)CCN(CCNC(=O)OC(C)(C)C)CC3)cc2)c2ccccc2n1. The summed E-state index contributed by atoms with van der Waals surface area (Å²) in [5, 5.41) is 16.0. The van der Waals surface area contributed by atoms with E-state index in [0.29, 0.717) is 56.9 Å². The van der Waals surface area contributed by atoms with Crippen LogP contribution in [0, 0.1) is 6.92 Å². The smallest absolute Gasteiger partial charge is 0.407 e. The maximum absolute atomic E-state index is 13.3. The summed E-state index contributed by atoms with van der Waals surface area (Å²) in [6.07, 6.45) is 0.473. The molecule has 1 fully saturated rings. The van der Waals surface area contributed by atoms with E-state index in [9.17, 15) is 19.6 Å². The summed E-state index contributed by atoms with van der Waals surface area (Å²) in [5.74, 6) is -0.256. The Morgan fingerprint density at radius 3 is 2.42 bits per heavy atom. The first-order chi connectivity index (χ1) is 20.4. The van der Waals surface area contributed by atoms with Crippen molar-refractivity contribution in [3.8, 4) is 5.75 Å². The summed E-state index contributed by atoms with van der Waals surface area (Å²) in [7, 11) is 0. The van der Waals surface area contributed by atoms with Gasteiger partial charge in [0, 0.05) is 48.4 Å². The average Bonchev–Trinajstić information content (AvgIpc) is 2.96. The number of hydroxylamine groups is 1. The molecule has 0 spiro atoms. The van der Waals surface area contributed by atoms with E-state index >= 15 is 0 Å². The molecule has 0 atom stereocenters. The number of likely N-dealkylation sites (tertiary alicyclic amines) is 1. The Labute approximate surface area is 251 Å². The number of piperidine rings is 1. The highest BCUT2D eigenvalue weighted by atomic mass is 16.6. The second-order valence-electron chi connectivity index (χ2n) is 12.0. The molecule has 0 aliphatic carbocycles. The number of carbonyl (C=O) groups excluding carboxylic acids is 3. The van der Waals surface area contributed by atoms with Crippen LogP contribution in [0.1, 0.15) is 61.6 Å². The van der Waals surface area contributed by atoms with Crippen molar-refractivity contribution in [2.75, 3.05) is 26.2 Å². The summed E-state index contributed by atoms with van der Waals surface area (Å²) < 4.78 is 11.3. The van der Waals surface area contributed by atoms with Crippen LogP contribution in [0.25, 0.3) is 10.9 Å². The summed E-state index contributed by atoms with van der Waals surface area (Å²) >= 11 is 0. The lowest BCUT2D eigenvalue weighted by molar-refractivity contribution is -0.131. The number of carbonyl (C=O) groups is 3. The molecule has 1 aromatic heterocycles. The average molecular weight is 592 g/mol. The number of hydrogen-bond donors (Lipinski definition) is 4. The number of rotatable bonds is 10. The molecule has 0 radical (unpaired) electrons. The van der Waals surface area contributed by atoms with Crippen LogP contribution >= 0.6 is 0 Å². The molecule has 3 amide bonds. The van der Waals surface area contributed by atoms with Crippen molar-refractivity contribution in [2.24, 2.45) is 0 Å². The molecular weight excluding hydrogens is 550 g/mol. The molecule has 43 heavy (non-hydrogen) atoms. The van der Waals surface area contributed by atoms with Crippen molar-refractivity contribution >= 4 is 28.8 Å². The maximum Gasteiger partial charge on any atom is 0.407 e. The molecule has 4 N–H and O–H groups in total. The highest BCUT2D eigenvalue weighted by molar-refractivity contribution is 5.95. The monoisotopic (exact) mass is 591 g/mol. The number of nitrogens with zero attached hydrogens (tertiary/aromatic N) is 2. The first-order valence-electron chi connectivity index (χ1n) is 14.5. The highest BCUT2D eigenvalue weighted by Crippen LogP contribution is 2.27. The fraction of sp³-hybridized carbons (Fsp3) is 0.438. The van der Waals surface area contributed by atoms with Crippen LogP contribution in [0.4, 0.5) is 4.79 Å². The summed E-state index contributed by atoms with van der Waals surface area (Å²) in [5.41, 5.74) is 3.59.